The van der Waals surface area contributed by atoms with Crippen molar-refractivity contribution in [3.8, 4) is 6.07 Å². The van der Waals surface area contributed by atoms with Gasteiger partial charge in [0.05, 0.1) is 12.0 Å². The summed E-state index contributed by atoms with van der Waals surface area (Å²) in [6.45, 7) is 0. The Kier molecular flexibility index (Phi) is 1.21. The van der Waals surface area contributed by atoms with Gasteiger partial charge in [-0.3, -0.25) is 0 Å². The lowest BCUT2D eigenvalue weighted by Crippen LogP contribution is -2.24. The minimum atomic E-state index is 0.154. The van der Waals surface area contributed by atoms with Gasteiger partial charge in [-0.25, -0.2) is 0 Å². The van der Waals surface area contributed by atoms with Crippen molar-refractivity contribution in [3.63, 3.8) is 0 Å². The molecule has 1 rings (SSSR count). The van der Waals surface area contributed by atoms with Crippen LogP contribution in [0.1, 0.15) is 12.8 Å². The van der Waals surface area contributed by atoms with Crippen LogP contribution in [0.4, 0.5) is 0 Å². The molecule has 1 aliphatic rings. The van der Waals surface area contributed by atoms with Crippen LogP contribution in [0.5, 0.6) is 0 Å². The minimum Gasteiger partial charge on any atom is -0.198 e. The van der Waals surface area contributed by atoms with Crippen LogP contribution in [0.3, 0.4) is 0 Å². The summed E-state index contributed by atoms with van der Waals surface area (Å²) in [5.41, 5.74) is 0. The molecule has 0 spiro atoms. The molecule has 0 saturated heterocycles. The van der Waals surface area contributed by atoms with Crippen LogP contribution in [0, 0.1) is 17.2 Å². The Morgan fingerprint density at radius 2 is 2.29 bits per heavy atom. The molecule has 1 nitrogen and oxygen atoms in total. The maximum absolute atomic E-state index is 8.22. The Labute approximate surface area is 47.9 Å². The molecule has 38 valence electrons. The molecule has 0 amide bonds. The van der Waals surface area contributed by atoms with Crippen LogP contribution in [0.15, 0.2) is 0 Å². The van der Waals surface area contributed by atoms with E-state index in [0.717, 1.165) is 12.8 Å². The predicted molar refractivity (Wildman–Crippen MR) is 28.0 cm³/mol. The molecule has 0 bridgehead atoms. The normalized spacial score (nSPS) is 38.9. The molecule has 1 saturated carbocycles. The first-order valence-corrected chi connectivity index (χ1v) is 2.82. The highest BCUT2D eigenvalue weighted by atomic mass is 35.5. The second-order valence-electron chi connectivity index (χ2n) is 1.83. The molecule has 0 heterocycles. The van der Waals surface area contributed by atoms with Gasteiger partial charge in [0, 0.05) is 5.38 Å². The molecular formula is C5H6ClN. The number of alkyl halides is 1. The van der Waals surface area contributed by atoms with E-state index >= 15 is 0 Å². The molecule has 1 aliphatic carbocycles. The summed E-state index contributed by atoms with van der Waals surface area (Å²) in [4.78, 5) is 0. The number of hydrogen-bond acceptors (Lipinski definition) is 1. The largest absolute Gasteiger partial charge is 0.198 e. The van der Waals surface area contributed by atoms with Crippen molar-refractivity contribution in [3.05, 3.63) is 0 Å². The van der Waals surface area contributed by atoms with Crippen molar-refractivity contribution in [2.24, 2.45) is 5.92 Å². The predicted octanol–water partition coefficient (Wildman–Crippen LogP) is 1.53. The monoisotopic (exact) mass is 115 g/mol. The van der Waals surface area contributed by atoms with E-state index in [2.05, 4.69) is 6.07 Å². The van der Waals surface area contributed by atoms with Crippen molar-refractivity contribution in [1.29, 1.82) is 5.26 Å². The van der Waals surface area contributed by atoms with E-state index in [9.17, 15) is 0 Å². The number of nitrogens with zero attached hydrogens (tertiary/aromatic N) is 1. The maximum atomic E-state index is 8.22. The van der Waals surface area contributed by atoms with E-state index in [-0.39, 0.29) is 11.3 Å². The Balaban J connectivity index is 2.33. The molecule has 0 aliphatic heterocycles. The zero-order valence-corrected chi connectivity index (χ0v) is 4.65. The zero-order valence-electron chi connectivity index (χ0n) is 3.89. The summed E-state index contributed by atoms with van der Waals surface area (Å²) in [7, 11) is 0. The zero-order chi connectivity index (χ0) is 5.28. The lowest BCUT2D eigenvalue weighted by molar-refractivity contribution is 0.407. The molecule has 1 fully saturated rings. The van der Waals surface area contributed by atoms with E-state index in [1.54, 1.807) is 0 Å². The van der Waals surface area contributed by atoms with Crippen LogP contribution >= 0.6 is 11.6 Å². The highest BCUT2D eigenvalue weighted by Crippen LogP contribution is 2.31. The molecule has 7 heavy (non-hydrogen) atoms. The average molecular weight is 116 g/mol. The molecule has 0 N–H and O–H groups in total. The van der Waals surface area contributed by atoms with Gasteiger partial charge < -0.3 is 0 Å². The first kappa shape index (κ1) is 4.93. The fraction of sp³-hybridized carbons (Fsp3) is 0.800. The summed E-state index contributed by atoms with van der Waals surface area (Å²) in [5.74, 6) is 0.154. The molecular weight excluding hydrogens is 110 g/mol. The first-order chi connectivity index (χ1) is 3.34. The van der Waals surface area contributed by atoms with Crippen LogP contribution in [-0.2, 0) is 0 Å². The molecule has 0 aromatic rings. The summed E-state index contributed by atoms with van der Waals surface area (Å²) in [6.07, 6.45) is 2.03. The number of halogens is 1. The molecule has 2 atom stereocenters. The Bertz CT molecular complexity index is 105. The lowest BCUT2D eigenvalue weighted by Gasteiger charge is -2.24. The van der Waals surface area contributed by atoms with Gasteiger partial charge in [-0.1, -0.05) is 0 Å². The standard InChI is InChI=1S/C5H6ClN/c6-5-2-1-4(5)3-7/h4-5H,1-2H2/t4?,5-/m0/s1. The van der Waals surface area contributed by atoms with Gasteiger partial charge in [-0.2, -0.15) is 5.26 Å². The van der Waals surface area contributed by atoms with Gasteiger partial charge in [0.2, 0.25) is 0 Å². The Hall–Kier alpha value is -0.220. The Morgan fingerprint density at radius 3 is 2.29 bits per heavy atom. The number of nitriles is 1. The van der Waals surface area contributed by atoms with Gasteiger partial charge in [0.15, 0.2) is 0 Å². The molecule has 0 aromatic carbocycles. The van der Waals surface area contributed by atoms with Crippen LogP contribution in [-0.4, -0.2) is 5.38 Å². The van der Waals surface area contributed by atoms with Crippen molar-refractivity contribution in [2.75, 3.05) is 0 Å². The summed E-state index contributed by atoms with van der Waals surface area (Å²) in [5, 5.41) is 8.38. The van der Waals surface area contributed by atoms with Crippen molar-refractivity contribution in [1.82, 2.24) is 0 Å². The molecule has 0 aromatic heterocycles. The average Bonchev–Trinajstić information content (AvgIpc) is 1.65. The van der Waals surface area contributed by atoms with E-state index in [4.69, 9.17) is 16.9 Å². The fourth-order valence-corrected chi connectivity index (χ4v) is 0.913. The third-order valence-electron chi connectivity index (χ3n) is 1.36. The van der Waals surface area contributed by atoms with Crippen LogP contribution < -0.4 is 0 Å². The molecule has 0 radical (unpaired) electrons. The Morgan fingerprint density at radius 1 is 1.57 bits per heavy atom. The van der Waals surface area contributed by atoms with Crippen molar-refractivity contribution < 1.29 is 0 Å². The third-order valence-corrected chi connectivity index (χ3v) is 1.88. The highest BCUT2D eigenvalue weighted by Gasteiger charge is 2.27. The van der Waals surface area contributed by atoms with E-state index in [1.165, 1.54) is 0 Å². The van der Waals surface area contributed by atoms with Gasteiger partial charge in [-0.15, -0.1) is 11.6 Å². The summed E-state index contributed by atoms with van der Waals surface area (Å²) < 4.78 is 0. The van der Waals surface area contributed by atoms with E-state index < -0.39 is 0 Å². The van der Waals surface area contributed by atoms with Crippen LogP contribution in [0.2, 0.25) is 0 Å². The number of rotatable bonds is 0. The van der Waals surface area contributed by atoms with Gasteiger partial charge in [0.1, 0.15) is 0 Å². The van der Waals surface area contributed by atoms with Gasteiger partial charge in [-0.05, 0) is 12.8 Å². The molecule has 1 unspecified atom stereocenters. The fourth-order valence-electron chi connectivity index (χ4n) is 0.605. The minimum absolute atomic E-state index is 0.154. The lowest BCUT2D eigenvalue weighted by atomic mass is 9.86. The topological polar surface area (TPSA) is 23.8 Å². The third kappa shape index (κ3) is 0.711. The van der Waals surface area contributed by atoms with Crippen molar-refractivity contribution >= 4 is 11.6 Å². The maximum Gasteiger partial charge on any atom is 0.0671 e. The van der Waals surface area contributed by atoms with Crippen LogP contribution in [0.25, 0.3) is 0 Å². The highest BCUT2D eigenvalue weighted by molar-refractivity contribution is 6.21. The molecule has 2 heteroatoms. The smallest absolute Gasteiger partial charge is 0.0671 e. The second-order valence-corrected chi connectivity index (χ2v) is 2.39. The quantitative estimate of drug-likeness (QED) is 0.439. The first-order valence-electron chi connectivity index (χ1n) is 2.38. The van der Waals surface area contributed by atoms with Gasteiger partial charge >= 0.3 is 0 Å². The summed E-state index contributed by atoms with van der Waals surface area (Å²) >= 11 is 5.59. The van der Waals surface area contributed by atoms with Gasteiger partial charge in [0.25, 0.3) is 0 Å². The SMILES string of the molecule is N#CC1CC[C@@H]1Cl. The van der Waals surface area contributed by atoms with E-state index in [0.29, 0.717) is 0 Å². The van der Waals surface area contributed by atoms with Crippen molar-refractivity contribution in [2.45, 2.75) is 18.2 Å². The summed E-state index contributed by atoms with van der Waals surface area (Å²) in [6, 6.07) is 2.12. The second kappa shape index (κ2) is 1.71. The van der Waals surface area contributed by atoms with E-state index in [1.807, 2.05) is 0 Å². The number of hydrogen-bond donors (Lipinski definition) is 0.